The van der Waals surface area contributed by atoms with Crippen molar-refractivity contribution >= 4 is 27.4 Å². The third-order valence-electron chi connectivity index (χ3n) is 3.09. The zero-order valence-electron chi connectivity index (χ0n) is 11.4. The molecular weight excluding hydrogens is 244 g/mol. The van der Waals surface area contributed by atoms with E-state index in [4.69, 9.17) is 5.73 Å². The topological polar surface area (TPSA) is 55.0 Å². The molecule has 0 saturated heterocycles. The largest absolute Gasteiger partial charge is 0.358 e. The molecule has 0 aliphatic heterocycles. The average Bonchev–Trinajstić information content (AvgIpc) is 2.71. The van der Waals surface area contributed by atoms with E-state index in [1.165, 1.54) is 5.56 Å². The van der Waals surface area contributed by atoms with Crippen LogP contribution in [0.4, 0.5) is 5.82 Å². The van der Waals surface area contributed by atoms with Gasteiger partial charge in [0.2, 0.25) is 0 Å². The summed E-state index contributed by atoms with van der Waals surface area (Å²) in [7, 11) is 2.06. The maximum absolute atomic E-state index is 5.79. The summed E-state index contributed by atoms with van der Waals surface area (Å²) in [6.07, 6.45) is 1.64. The van der Waals surface area contributed by atoms with Gasteiger partial charge in [0.05, 0.1) is 10.2 Å². The minimum Gasteiger partial charge on any atom is -0.358 e. The Hall–Kier alpha value is -1.20. The molecule has 18 heavy (non-hydrogen) atoms. The third kappa shape index (κ3) is 2.47. The first-order valence-corrected chi connectivity index (χ1v) is 6.92. The maximum atomic E-state index is 5.79. The van der Waals surface area contributed by atoms with Crippen LogP contribution >= 0.6 is 11.3 Å². The molecule has 2 N–H and O–H groups in total. The second-order valence-electron chi connectivity index (χ2n) is 5.52. The minimum absolute atomic E-state index is 0.0817. The molecule has 0 aromatic carbocycles. The molecule has 5 heteroatoms. The van der Waals surface area contributed by atoms with Crippen LogP contribution in [0.3, 0.4) is 0 Å². The van der Waals surface area contributed by atoms with Crippen molar-refractivity contribution in [1.29, 1.82) is 0 Å². The summed E-state index contributed by atoms with van der Waals surface area (Å²) in [5, 5.41) is 2.13. The van der Waals surface area contributed by atoms with Crippen LogP contribution in [-0.4, -0.2) is 30.1 Å². The van der Waals surface area contributed by atoms with Gasteiger partial charge in [0, 0.05) is 13.6 Å². The fourth-order valence-corrected chi connectivity index (χ4v) is 3.06. The molecule has 0 fully saturated rings. The standard InChI is InChI=1S/C13H20N4S/c1-9-5-18-11-10(9)15-8-16-12(11)17(4)7-13(2,3)6-14/h5,8H,6-7,14H2,1-4H3. The quantitative estimate of drug-likeness (QED) is 0.921. The van der Waals surface area contributed by atoms with Gasteiger partial charge in [0.15, 0.2) is 0 Å². The number of aryl methyl sites for hydroxylation is 1. The Kier molecular flexibility index (Phi) is 3.54. The summed E-state index contributed by atoms with van der Waals surface area (Å²) in [6.45, 7) is 7.96. The van der Waals surface area contributed by atoms with E-state index in [1.54, 1.807) is 17.7 Å². The highest BCUT2D eigenvalue weighted by Gasteiger charge is 2.20. The lowest BCUT2D eigenvalue weighted by atomic mass is 9.93. The molecule has 0 spiro atoms. The molecule has 4 nitrogen and oxygen atoms in total. The fraction of sp³-hybridized carbons (Fsp3) is 0.538. The predicted octanol–water partition coefficient (Wildman–Crippen LogP) is 2.42. The number of thiophene rings is 1. The molecule has 0 aliphatic rings. The van der Waals surface area contributed by atoms with E-state index >= 15 is 0 Å². The first-order chi connectivity index (χ1) is 8.44. The summed E-state index contributed by atoms with van der Waals surface area (Å²) in [6, 6.07) is 0. The van der Waals surface area contributed by atoms with Crippen molar-refractivity contribution in [2.24, 2.45) is 11.1 Å². The Balaban J connectivity index is 2.36. The lowest BCUT2D eigenvalue weighted by Gasteiger charge is -2.29. The van der Waals surface area contributed by atoms with E-state index in [0.717, 1.165) is 22.6 Å². The minimum atomic E-state index is 0.0817. The average molecular weight is 264 g/mol. The van der Waals surface area contributed by atoms with Crippen molar-refractivity contribution in [2.45, 2.75) is 20.8 Å². The summed E-state index contributed by atoms with van der Waals surface area (Å²) in [4.78, 5) is 10.9. The van der Waals surface area contributed by atoms with Crippen LogP contribution in [0.15, 0.2) is 11.7 Å². The summed E-state index contributed by atoms with van der Waals surface area (Å²) < 4.78 is 1.16. The number of hydrogen-bond acceptors (Lipinski definition) is 5. The Labute approximate surface area is 112 Å². The molecule has 0 atom stereocenters. The zero-order chi connectivity index (χ0) is 13.3. The smallest absolute Gasteiger partial charge is 0.149 e. The van der Waals surface area contributed by atoms with Crippen molar-refractivity contribution in [3.63, 3.8) is 0 Å². The van der Waals surface area contributed by atoms with Gasteiger partial charge in [0.25, 0.3) is 0 Å². The van der Waals surface area contributed by atoms with Crippen molar-refractivity contribution < 1.29 is 0 Å². The maximum Gasteiger partial charge on any atom is 0.149 e. The molecule has 98 valence electrons. The van der Waals surface area contributed by atoms with Gasteiger partial charge in [-0.2, -0.15) is 0 Å². The van der Waals surface area contributed by atoms with Gasteiger partial charge >= 0.3 is 0 Å². The molecule has 0 aliphatic carbocycles. The number of nitrogens with zero attached hydrogens (tertiary/aromatic N) is 3. The molecule has 0 saturated carbocycles. The van der Waals surface area contributed by atoms with Crippen LogP contribution in [0.1, 0.15) is 19.4 Å². The van der Waals surface area contributed by atoms with Gasteiger partial charge in [-0.05, 0) is 29.8 Å². The van der Waals surface area contributed by atoms with E-state index in [2.05, 4.69) is 48.1 Å². The Morgan fingerprint density at radius 2 is 2.11 bits per heavy atom. The molecular formula is C13H20N4S. The Bertz CT molecular complexity index is 547. The summed E-state index contributed by atoms with van der Waals surface area (Å²) >= 11 is 1.70. The highest BCUT2D eigenvalue weighted by Crippen LogP contribution is 2.31. The first kappa shape index (κ1) is 13.2. The monoisotopic (exact) mass is 264 g/mol. The second kappa shape index (κ2) is 4.82. The summed E-state index contributed by atoms with van der Waals surface area (Å²) in [5.74, 6) is 1.000. The number of nitrogens with two attached hydrogens (primary N) is 1. The lowest BCUT2D eigenvalue weighted by molar-refractivity contribution is 0.384. The normalized spacial score (nSPS) is 12.1. The van der Waals surface area contributed by atoms with Gasteiger partial charge in [-0.25, -0.2) is 9.97 Å². The van der Waals surface area contributed by atoms with E-state index in [1.807, 2.05) is 0 Å². The van der Waals surface area contributed by atoms with Crippen LogP contribution in [-0.2, 0) is 0 Å². The number of fused-ring (bicyclic) bond motifs is 1. The van der Waals surface area contributed by atoms with E-state index in [0.29, 0.717) is 6.54 Å². The molecule has 0 bridgehead atoms. The fourth-order valence-electron chi connectivity index (χ4n) is 2.01. The lowest BCUT2D eigenvalue weighted by Crippen LogP contribution is -2.37. The second-order valence-corrected chi connectivity index (χ2v) is 6.40. The zero-order valence-corrected chi connectivity index (χ0v) is 12.2. The van der Waals surface area contributed by atoms with Crippen LogP contribution in [0, 0.1) is 12.3 Å². The Morgan fingerprint density at radius 1 is 1.39 bits per heavy atom. The number of anilines is 1. The van der Waals surface area contributed by atoms with Crippen LogP contribution in [0.5, 0.6) is 0 Å². The van der Waals surface area contributed by atoms with Crippen LogP contribution < -0.4 is 10.6 Å². The number of aromatic nitrogens is 2. The van der Waals surface area contributed by atoms with E-state index < -0.39 is 0 Å². The third-order valence-corrected chi connectivity index (χ3v) is 4.17. The van der Waals surface area contributed by atoms with Crippen molar-refractivity contribution in [1.82, 2.24) is 9.97 Å². The van der Waals surface area contributed by atoms with Gasteiger partial charge in [-0.1, -0.05) is 13.8 Å². The van der Waals surface area contributed by atoms with E-state index in [9.17, 15) is 0 Å². The highest BCUT2D eigenvalue weighted by atomic mass is 32.1. The Morgan fingerprint density at radius 3 is 2.78 bits per heavy atom. The molecule has 2 aromatic rings. The predicted molar refractivity (Wildman–Crippen MR) is 78.3 cm³/mol. The molecule has 0 amide bonds. The van der Waals surface area contributed by atoms with Gasteiger partial charge in [-0.15, -0.1) is 11.3 Å². The van der Waals surface area contributed by atoms with Gasteiger partial charge < -0.3 is 10.6 Å². The first-order valence-electron chi connectivity index (χ1n) is 6.04. The van der Waals surface area contributed by atoms with Crippen LogP contribution in [0.25, 0.3) is 10.2 Å². The van der Waals surface area contributed by atoms with Crippen molar-refractivity contribution in [3.8, 4) is 0 Å². The molecule has 2 aromatic heterocycles. The van der Waals surface area contributed by atoms with Gasteiger partial charge in [-0.3, -0.25) is 0 Å². The molecule has 2 rings (SSSR count). The SMILES string of the molecule is Cc1csc2c(N(C)CC(C)(C)CN)ncnc12. The highest BCUT2D eigenvalue weighted by molar-refractivity contribution is 7.18. The van der Waals surface area contributed by atoms with Crippen LogP contribution in [0.2, 0.25) is 0 Å². The molecule has 0 radical (unpaired) electrons. The molecule has 0 unspecified atom stereocenters. The van der Waals surface area contributed by atoms with Crippen molar-refractivity contribution in [2.75, 3.05) is 25.0 Å². The van der Waals surface area contributed by atoms with Crippen molar-refractivity contribution in [3.05, 3.63) is 17.3 Å². The molecule has 2 heterocycles. The number of hydrogen-bond donors (Lipinski definition) is 1. The van der Waals surface area contributed by atoms with E-state index in [-0.39, 0.29) is 5.41 Å². The number of rotatable bonds is 4. The summed E-state index contributed by atoms with van der Waals surface area (Å²) in [5.41, 5.74) is 8.15. The van der Waals surface area contributed by atoms with Gasteiger partial charge in [0.1, 0.15) is 12.1 Å².